The lowest BCUT2D eigenvalue weighted by Crippen LogP contribution is -2.50. The molecule has 7 heteroatoms. The first-order valence-electron chi connectivity index (χ1n) is 10.5. The summed E-state index contributed by atoms with van der Waals surface area (Å²) in [5.74, 6) is 1.03. The van der Waals surface area contributed by atoms with Crippen LogP contribution in [0, 0.1) is 5.41 Å². The molecule has 162 valence electrons. The Morgan fingerprint density at radius 1 is 1.21 bits per heavy atom. The second-order valence-corrected chi connectivity index (χ2v) is 8.88. The van der Waals surface area contributed by atoms with Crippen LogP contribution < -0.4 is 10.6 Å². The highest BCUT2D eigenvalue weighted by atomic mass is 35.5. The third kappa shape index (κ3) is 8.62. The van der Waals surface area contributed by atoms with Crippen LogP contribution in [0.5, 0.6) is 0 Å². The highest BCUT2D eigenvalue weighted by molar-refractivity contribution is 6.30. The fourth-order valence-corrected chi connectivity index (χ4v) is 3.72. The quantitative estimate of drug-likeness (QED) is 0.500. The average Bonchev–Trinajstić information content (AvgIpc) is 2.66. The van der Waals surface area contributed by atoms with E-state index < -0.39 is 0 Å². The van der Waals surface area contributed by atoms with Crippen LogP contribution in [-0.4, -0.2) is 74.0 Å². The summed E-state index contributed by atoms with van der Waals surface area (Å²) in [5, 5.41) is 7.56. The Morgan fingerprint density at radius 3 is 2.55 bits per heavy atom. The molecule has 29 heavy (non-hydrogen) atoms. The van der Waals surface area contributed by atoms with Crippen LogP contribution >= 0.6 is 11.6 Å². The van der Waals surface area contributed by atoms with Gasteiger partial charge >= 0.3 is 0 Å². The zero-order chi connectivity index (χ0) is 21.3. The minimum absolute atomic E-state index is 0.0378. The third-order valence-electron chi connectivity index (χ3n) is 5.12. The van der Waals surface area contributed by atoms with Crippen molar-refractivity contribution in [1.82, 2.24) is 20.4 Å². The normalized spacial score (nSPS) is 16.0. The molecule has 0 aromatic heterocycles. The van der Waals surface area contributed by atoms with Crippen LogP contribution in [-0.2, 0) is 11.2 Å². The summed E-state index contributed by atoms with van der Waals surface area (Å²) in [6, 6.07) is 8.05. The number of carbonyl (C=O) groups is 1. The molecule has 1 aromatic carbocycles. The summed E-state index contributed by atoms with van der Waals surface area (Å²) < 4.78 is 0. The number of piperazine rings is 1. The Kier molecular flexibility index (Phi) is 9.24. The van der Waals surface area contributed by atoms with Gasteiger partial charge in [0.1, 0.15) is 0 Å². The number of benzene rings is 1. The first-order valence-corrected chi connectivity index (χ1v) is 10.9. The van der Waals surface area contributed by atoms with Crippen molar-refractivity contribution in [3.05, 3.63) is 34.9 Å². The van der Waals surface area contributed by atoms with Gasteiger partial charge in [0.2, 0.25) is 5.91 Å². The summed E-state index contributed by atoms with van der Waals surface area (Å²) >= 11 is 6.12. The van der Waals surface area contributed by atoms with Crippen molar-refractivity contribution >= 4 is 23.5 Å². The fourth-order valence-electron chi connectivity index (χ4n) is 3.51. The smallest absolute Gasteiger partial charge is 0.219 e. The predicted octanol–water partition coefficient (Wildman–Crippen LogP) is 2.63. The summed E-state index contributed by atoms with van der Waals surface area (Å²) in [5.41, 5.74) is 1.27. The first kappa shape index (κ1) is 23.5. The van der Waals surface area contributed by atoms with E-state index in [1.54, 1.807) is 6.92 Å². The van der Waals surface area contributed by atoms with Crippen molar-refractivity contribution in [2.24, 2.45) is 10.4 Å². The topological polar surface area (TPSA) is 60.0 Å². The van der Waals surface area contributed by atoms with Gasteiger partial charge in [-0.25, -0.2) is 0 Å². The molecule has 1 aliphatic rings. The number of rotatable bonds is 8. The Balaban J connectivity index is 1.80. The molecule has 2 rings (SSSR count). The van der Waals surface area contributed by atoms with Crippen LogP contribution in [0.15, 0.2) is 29.3 Å². The molecule has 0 atom stereocenters. The van der Waals surface area contributed by atoms with E-state index in [0.717, 1.165) is 69.8 Å². The van der Waals surface area contributed by atoms with Gasteiger partial charge in [-0.1, -0.05) is 37.6 Å². The molecule has 1 aliphatic heterocycles. The molecular formula is C22H36ClN5O. The van der Waals surface area contributed by atoms with E-state index in [4.69, 9.17) is 16.6 Å². The third-order valence-corrected chi connectivity index (χ3v) is 5.35. The van der Waals surface area contributed by atoms with Crippen molar-refractivity contribution in [3.63, 3.8) is 0 Å². The average molecular weight is 422 g/mol. The van der Waals surface area contributed by atoms with E-state index in [0.29, 0.717) is 0 Å². The molecule has 0 radical (unpaired) electrons. The van der Waals surface area contributed by atoms with Gasteiger partial charge in [0.25, 0.3) is 0 Å². The molecule has 1 fully saturated rings. The fraction of sp³-hybridized carbons (Fsp3) is 0.636. The van der Waals surface area contributed by atoms with Crippen LogP contribution in [0.2, 0.25) is 5.02 Å². The van der Waals surface area contributed by atoms with Crippen molar-refractivity contribution < 1.29 is 4.79 Å². The SMILES string of the molecule is CCNC(=NCC(C)(C)Cc1cccc(Cl)c1)NCCN1CCN(C(C)=O)CC1. The Morgan fingerprint density at radius 2 is 1.93 bits per heavy atom. The molecule has 0 unspecified atom stereocenters. The van der Waals surface area contributed by atoms with E-state index in [9.17, 15) is 4.79 Å². The lowest BCUT2D eigenvalue weighted by molar-refractivity contribution is -0.130. The number of amides is 1. The standard InChI is InChI=1S/C22H36ClN5O/c1-5-24-21(25-9-10-27-11-13-28(14-12-27)18(2)29)26-17-22(3,4)16-19-7-6-8-20(23)15-19/h6-8,15H,5,9-14,16-17H2,1-4H3,(H2,24,25,26). The molecule has 1 saturated heterocycles. The maximum Gasteiger partial charge on any atom is 0.219 e. The minimum Gasteiger partial charge on any atom is -0.357 e. The lowest BCUT2D eigenvalue weighted by Gasteiger charge is -2.34. The zero-order valence-corrected chi connectivity index (χ0v) is 19.1. The number of aliphatic imine (C=N–C) groups is 1. The van der Waals surface area contributed by atoms with Crippen LogP contribution in [0.4, 0.5) is 0 Å². The second-order valence-electron chi connectivity index (χ2n) is 8.44. The largest absolute Gasteiger partial charge is 0.357 e. The summed E-state index contributed by atoms with van der Waals surface area (Å²) in [6.45, 7) is 15.0. The lowest BCUT2D eigenvalue weighted by atomic mass is 9.86. The van der Waals surface area contributed by atoms with Gasteiger partial charge in [0.15, 0.2) is 5.96 Å². The summed E-state index contributed by atoms with van der Waals surface area (Å²) in [7, 11) is 0. The van der Waals surface area contributed by atoms with E-state index >= 15 is 0 Å². The molecular weight excluding hydrogens is 386 g/mol. The Bertz CT molecular complexity index is 684. The monoisotopic (exact) mass is 421 g/mol. The van der Waals surface area contributed by atoms with Gasteiger partial charge in [-0.15, -0.1) is 0 Å². The van der Waals surface area contributed by atoms with Crippen molar-refractivity contribution in [2.75, 3.05) is 52.4 Å². The number of carbonyl (C=O) groups excluding carboxylic acids is 1. The van der Waals surface area contributed by atoms with Crippen molar-refractivity contribution in [1.29, 1.82) is 0 Å². The van der Waals surface area contributed by atoms with Gasteiger partial charge < -0.3 is 15.5 Å². The Hall–Kier alpha value is -1.79. The Labute approximate surface area is 180 Å². The molecule has 1 amide bonds. The van der Waals surface area contributed by atoms with Gasteiger partial charge in [0, 0.05) is 64.3 Å². The van der Waals surface area contributed by atoms with Gasteiger partial charge in [-0.05, 0) is 36.5 Å². The molecule has 6 nitrogen and oxygen atoms in total. The number of nitrogens with one attached hydrogen (secondary N) is 2. The zero-order valence-electron chi connectivity index (χ0n) is 18.3. The highest BCUT2D eigenvalue weighted by Crippen LogP contribution is 2.23. The molecule has 1 aromatic rings. The van der Waals surface area contributed by atoms with E-state index in [-0.39, 0.29) is 11.3 Å². The number of nitrogens with zero attached hydrogens (tertiary/aromatic N) is 3. The number of guanidine groups is 1. The molecule has 0 spiro atoms. The predicted molar refractivity (Wildman–Crippen MR) is 122 cm³/mol. The van der Waals surface area contributed by atoms with Gasteiger partial charge in [-0.3, -0.25) is 14.7 Å². The molecule has 0 bridgehead atoms. The summed E-state index contributed by atoms with van der Waals surface area (Å²) in [4.78, 5) is 20.5. The van der Waals surface area contributed by atoms with Crippen molar-refractivity contribution in [2.45, 2.75) is 34.1 Å². The number of hydrogen-bond donors (Lipinski definition) is 2. The van der Waals surface area contributed by atoms with E-state index in [1.165, 1.54) is 5.56 Å². The first-order chi connectivity index (χ1) is 13.8. The van der Waals surface area contributed by atoms with Gasteiger partial charge in [0.05, 0.1) is 0 Å². The van der Waals surface area contributed by atoms with E-state index in [1.807, 2.05) is 23.1 Å². The highest BCUT2D eigenvalue weighted by Gasteiger charge is 2.20. The summed E-state index contributed by atoms with van der Waals surface area (Å²) in [6.07, 6.45) is 0.927. The maximum absolute atomic E-state index is 11.4. The van der Waals surface area contributed by atoms with E-state index in [2.05, 4.69) is 42.4 Å². The van der Waals surface area contributed by atoms with Crippen LogP contribution in [0.1, 0.15) is 33.3 Å². The van der Waals surface area contributed by atoms with Crippen LogP contribution in [0.25, 0.3) is 0 Å². The maximum atomic E-state index is 11.4. The number of halogens is 1. The molecule has 1 heterocycles. The minimum atomic E-state index is 0.0378. The number of hydrogen-bond acceptors (Lipinski definition) is 3. The van der Waals surface area contributed by atoms with Gasteiger partial charge in [-0.2, -0.15) is 0 Å². The van der Waals surface area contributed by atoms with Crippen LogP contribution in [0.3, 0.4) is 0 Å². The second kappa shape index (κ2) is 11.4. The molecule has 0 aliphatic carbocycles. The molecule has 0 saturated carbocycles. The van der Waals surface area contributed by atoms with Crippen molar-refractivity contribution in [3.8, 4) is 0 Å². The molecule has 2 N–H and O–H groups in total.